The van der Waals surface area contributed by atoms with E-state index >= 15 is 0 Å². The van der Waals surface area contributed by atoms with Crippen LogP contribution in [0.1, 0.15) is 17.5 Å². The van der Waals surface area contributed by atoms with E-state index in [9.17, 15) is 0 Å². The molecule has 1 saturated heterocycles. The van der Waals surface area contributed by atoms with Crippen LogP contribution in [0.25, 0.3) is 0 Å². The van der Waals surface area contributed by atoms with Crippen molar-refractivity contribution < 1.29 is 4.74 Å². The third-order valence-electron chi connectivity index (χ3n) is 3.28. The van der Waals surface area contributed by atoms with E-state index in [1.54, 1.807) is 7.11 Å². The maximum atomic E-state index is 5.94. The molecular formula is C13H20N2O. The van der Waals surface area contributed by atoms with Gasteiger partial charge in [0.1, 0.15) is 5.75 Å². The standard InChI is InChI=1S/C13H20N2O/c1-9-7-13(16-3)10(2)6-12(9)15-5-4-11(14)8-15/h6-7,11H,4-5,8,14H2,1-3H3. The predicted octanol–water partition coefficient (Wildman–Crippen LogP) is 1.85. The van der Waals surface area contributed by atoms with Crippen molar-refractivity contribution in [1.29, 1.82) is 0 Å². The fourth-order valence-electron chi connectivity index (χ4n) is 2.34. The van der Waals surface area contributed by atoms with E-state index in [0.29, 0.717) is 6.04 Å². The minimum Gasteiger partial charge on any atom is -0.496 e. The first-order chi connectivity index (χ1) is 7.61. The van der Waals surface area contributed by atoms with Crippen molar-refractivity contribution in [1.82, 2.24) is 0 Å². The van der Waals surface area contributed by atoms with Gasteiger partial charge in [0.15, 0.2) is 0 Å². The number of benzene rings is 1. The second-order valence-corrected chi connectivity index (χ2v) is 4.60. The van der Waals surface area contributed by atoms with Gasteiger partial charge in [-0.05, 0) is 43.5 Å². The fraction of sp³-hybridized carbons (Fsp3) is 0.538. The maximum absolute atomic E-state index is 5.94. The van der Waals surface area contributed by atoms with Gasteiger partial charge in [-0.1, -0.05) is 0 Å². The molecule has 0 aliphatic carbocycles. The molecule has 0 amide bonds. The van der Waals surface area contributed by atoms with E-state index in [1.165, 1.54) is 16.8 Å². The van der Waals surface area contributed by atoms with E-state index in [1.807, 2.05) is 0 Å². The summed E-state index contributed by atoms with van der Waals surface area (Å²) in [6, 6.07) is 4.63. The summed E-state index contributed by atoms with van der Waals surface area (Å²) in [6.45, 7) is 6.24. The lowest BCUT2D eigenvalue weighted by molar-refractivity contribution is 0.411. The zero-order chi connectivity index (χ0) is 11.7. The highest BCUT2D eigenvalue weighted by molar-refractivity contribution is 5.59. The molecular weight excluding hydrogens is 200 g/mol. The van der Waals surface area contributed by atoms with Gasteiger partial charge in [0.2, 0.25) is 0 Å². The lowest BCUT2D eigenvalue weighted by Gasteiger charge is -2.22. The van der Waals surface area contributed by atoms with Crippen LogP contribution in [0.5, 0.6) is 5.75 Å². The Balaban J connectivity index is 2.31. The van der Waals surface area contributed by atoms with Crippen molar-refractivity contribution in [2.75, 3.05) is 25.1 Å². The van der Waals surface area contributed by atoms with Crippen LogP contribution in [0.4, 0.5) is 5.69 Å². The smallest absolute Gasteiger partial charge is 0.122 e. The molecule has 1 atom stereocenters. The molecule has 1 unspecified atom stereocenters. The lowest BCUT2D eigenvalue weighted by Crippen LogP contribution is -2.26. The molecule has 0 radical (unpaired) electrons. The molecule has 2 N–H and O–H groups in total. The van der Waals surface area contributed by atoms with E-state index in [2.05, 4.69) is 30.9 Å². The van der Waals surface area contributed by atoms with Crippen molar-refractivity contribution in [2.45, 2.75) is 26.3 Å². The molecule has 3 heteroatoms. The quantitative estimate of drug-likeness (QED) is 0.826. The van der Waals surface area contributed by atoms with Crippen molar-refractivity contribution in [3.05, 3.63) is 23.3 Å². The maximum Gasteiger partial charge on any atom is 0.122 e. The monoisotopic (exact) mass is 220 g/mol. The van der Waals surface area contributed by atoms with Gasteiger partial charge in [0.05, 0.1) is 7.11 Å². The van der Waals surface area contributed by atoms with Crippen LogP contribution in [-0.2, 0) is 0 Å². The first-order valence-electron chi connectivity index (χ1n) is 5.77. The summed E-state index contributed by atoms with van der Waals surface area (Å²) in [4.78, 5) is 2.37. The first kappa shape index (κ1) is 11.3. The summed E-state index contributed by atoms with van der Waals surface area (Å²) in [5.41, 5.74) is 9.68. The number of rotatable bonds is 2. The van der Waals surface area contributed by atoms with Crippen molar-refractivity contribution in [2.24, 2.45) is 5.73 Å². The molecule has 0 saturated carbocycles. The van der Waals surface area contributed by atoms with Crippen molar-refractivity contribution in [3.63, 3.8) is 0 Å². The SMILES string of the molecule is COc1cc(C)c(N2CCC(N)C2)cc1C. The highest BCUT2D eigenvalue weighted by Crippen LogP contribution is 2.30. The van der Waals surface area contributed by atoms with Gasteiger partial charge in [-0.3, -0.25) is 0 Å². The van der Waals surface area contributed by atoms with Gasteiger partial charge in [-0.25, -0.2) is 0 Å². The normalized spacial score (nSPS) is 20.2. The number of nitrogens with zero attached hydrogens (tertiary/aromatic N) is 1. The van der Waals surface area contributed by atoms with Crippen LogP contribution in [0.3, 0.4) is 0 Å². The molecule has 1 aromatic rings. The van der Waals surface area contributed by atoms with Gasteiger partial charge >= 0.3 is 0 Å². The summed E-state index contributed by atoms with van der Waals surface area (Å²) >= 11 is 0. The Bertz CT molecular complexity index is 390. The third kappa shape index (κ3) is 2.00. The molecule has 3 nitrogen and oxygen atoms in total. The number of hydrogen-bond donors (Lipinski definition) is 1. The fourth-order valence-corrected chi connectivity index (χ4v) is 2.34. The first-order valence-corrected chi connectivity index (χ1v) is 5.77. The molecule has 2 rings (SSSR count). The van der Waals surface area contributed by atoms with E-state index in [-0.39, 0.29) is 0 Å². The Morgan fingerprint density at radius 2 is 2.06 bits per heavy atom. The predicted molar refractivity (Wildman–Crippen MR) is 67.3 cm³/mol. The highest BCUT2D eigenvalue weighted by Gasteiger charge is 2.21. The largest absolute Gasteiger partial charge is 0.496 e. The summed E-state index contributed by atoms with van der Waals surface area (Å²) in [6.07, 6.45) is 1.09. The molecule has 88 valence electrons. The number of hydrogen-bond acceptors (Lipinski definition) is 3. The van der Waals surface area contributed by atoms with Crippen LogP contribution in [0.2, 0.25) is 0 Å². The van der Waals surface area contributed by atoms with E-state index < -0.39 is 0 Å². The zero-order valence-corrected chi connectivity index (χ0v) is 10.3. The van der Waals surface area contributed by atoms with Crippen LogP contribution >= 0.6 is 0 Å². The van der Waals surface area contributed by atoms with Gasteiger partial charge < -0.3 is 15.4 Å². The van der Waals surface area contributed by atoms with E-state index in [4.69, 9.17) is 10.5 Å². The van der Waals surface area contributed by atoms with Crippen molar-refractivity contribution in [3.8, 4) is 5.75 Å². The van der Waals surface area contributed by atoms with Gasteiger partial charge in [-0.2, -0.15) is 0 Å². The summed E-state index contributed by atoms with van der Waals surface area (Å²) in [7, 11) is 1.72. The van der Waals surface area contributed by atoms with Gasteiger partial charge in [0, 0.05) is 24.8 Å². The minimum absolute atomic E-state index is 0.321. The Kier molecular flexibility index (Phi) is 3.06. The number of nitrogens with two attached hydrogens (primary N) is 1. The van der Waals surface area contributed by atoms with Crippen LogP contribution in [0, 0.1) is 13.8 Å². The van der Waals surface area contributed by atoms with Crippen LogP contribution in [-0.4, -0.2) is 26.2 Å². The molecule has 1 aromatic carbocycles. The van der Waals surface area contributed by atoms with Crippen molar-refractivity contribution >= 4 is 5.69 Å². The molecule has 0 spiro atoms. The molecule has 1 aliphatic heterocycles. The highest BCUT2D eigenvalue weighted by atomic mass is 16.5. The number of anilines is 1. The summed E-state index contributed by atoms with van der Waals surface area (Å²) in [5, 5.41) is 0. The van der Waals surface area contributed by atoms with E-state index in [0.717, 1.165) is 25.3 Å². The second kappa shape index (κ2) is 4.34. The summed E-state index contributed by atoms with van der Waals surface area (Å²) in [5.74, 6) is 0.963. The minimum atomic E-state index is 0.321. The Hall–Kier alpha value is -1.22. The van der Waals surface area contributed by atoms with Gasteiger partial charge in [-0.15, -0.1) is 0 Å². The lowest BCUT2D eigenvalue weighted by atomic mass is 10.1. The number of aryl methyl sites for hydroxylation is 2. The molecule has 1 aliphatic rings. The van der Waals surface area contributed by atoms with Gasteiger partial charge in [0.25, 0.3) is 0 Å². The average Bonchev–Trinajstić information content (AvgIpc) is 2.67. The Morgan fingerprint density at radius 1 is 1.31 bits per heavy atom. The molecule has 1 fully saturated rings. The molecule has 16 heavy (non-hydrogen) atoms. The molecule has 0 bridgehead atoms. The summed E-state index contributed by atoms with van der Waals surface area (Å²) < 4.78 is 5.32. The number of methoxy groups -OCH3 is 1. The third-order valence-corrected chi connectivity index (χ3v) is 3.28. The second-order valence-electron chi connectivity index (χ2n) is 4.60. The zero-order valence-electron chi connectivity index (χ0n) is 10.3. The Morgan fingerprint density at radius 3 is 2.62 bits per heavy atom. The topological polar surface area (TPSA) is 38.5 Å². The molecule has 0 aromatic heterocycles. The average molecular weight is 220 g/mol. The number of ether oxygens (including phenoxy) is 1. The van der Waals surface area contributed by atoms with Crippen LogP contribution in [0.15, 0.2) is 12.1 Å². The van der Waals surface area contributed by atoms with Crippen LogP contribution < -0.4 is 15.4 Å². The Labute approximate surface area is 97.2 Å². The molecule has 1 heterocycles.